The first kappa shape index (κ1) is 68.7. The van der Waals surface area contributed by atoms with Crippen molar-refractivity contribution in [2.75, 3.05) is 0 Å². The van der Waals surface area contributed by atoms with Crippen molar-refractivity contribution in [3.05, 3.63) is 115 Å². The van der Waals surface area contributed by atoms with E-state index in [0.717, 1.165) is 87.9 Å². The third-order valence-corrected chi connectivity index (χ3v) is 52.2. The highest BCUT2D eigenvalue weighted by Crippen LogP contribution is 2.68. The molecule has 4 atom stereocenters. The van der Waals surface area contributed by atoms with Crippen LogP contribution >= 0.6 is 46.9 Å². The quantitative estimate of drug-likeness (QED) is 0.0880. The van der Waals surface area contributed by atoms with E-state index in [-0.39, 0.29) is 23.7 Å². The molecule has 496 valence electrons. The molecule has 8 nitrogen and oxygen atoms in total. The standard InChI is InChI=1S/C80H96N8S4Si4/c1-41(2)93(42(3)4,43(5)6)29-25-53-57-33-65-66(82-89-81-65)34-58(57)54(26-30-94(44(7)8,45(9)10)46(11)12)74-73(53)77-61-37-69-70(86-91-85-69)38-62(61)78(74)80-64-40-72-71(87-92-88-72)39-63(64)79(77)75-55(27-31-95(47(13)14,48(15)16)49(17)18)59-35-67-68(84-90-83-67)36-60(59)56(76(75)80)28-32-96(50(19)20,51(21)22)52(23)24/h33-52,77-80H,1-24H3/t77-,78?,79-,80?/m1/s1. The van der Waals surface area contributed by atoms with Gasteiger partial charge >= 0.3 is 0 Å². The highest BCUT2D eigenvalue weighted by molar-refractivity contribution is 7.01. The van der Waals surface area contributed by atoms with E-state index in [1.165, 1.54) is 91.4 Å². The molecule has 10 aromatic rings. The molecule has 0 fully saturated rings. The van der Waals surface area contributed by atoms with Crippen LogP contribution in [0.1, 0.15) is 257 Å². The summed E-state index contributed by atoms with van der Waals surface area (Å²) in [6, 6.07) is 19.2. The van der Waals surface area contributed by atoms with Crippen LogP contribution in [0, 0.1) is 45.9 Å². The lowest BCUT2D eigenvalue weighted by atomic mass is 9.50. The molecule has 6 aromatic carbocycles. The van der Waals surface area contributed by atoms with Gasteiger partial charge in [0.05, 0.1) is 46.9 Å². The van der Waals surface area contributed by atoms with E-state index in [1.54, 1.807) is 0 Å². The van der Waals surface area contributed by atoms with Crippen molar-refractivity contribution in [2.24, 2.45) is 0 Å². The second-order valence-electron chi connectivity index (χ2n) is 32.4. The van der Waals surface area contributed by atoms with Gasteiger partial charge in [0.15, 0.2) is 0 Å². The van der Waals surface area contributed by atoms with E-state index in [9.17, 15) is 0 Å². The van der Waals surface area contributed by atoms with E-state index in [0.29, 0.717) is 66.5 Å². The highest BCUT2D eigenvalue weighted by Gasteiger charge is 2.55. The van der Waals surface area contributed by atoms with Crippen molar-refractivity contribution in [1.29, 1.82) is 0 Å². The Labute approximate surface area is 592 Å². The van der Waals surface area contributed by atoms with Crippen molar-refractivity contribution in [3.8, 4) is 45.9 Å². The zero-order chi connectivity index (χ0) is 68.9. The first-order valence-corrected chi connectivity index (χ1v) is 47.5. The van der Waals surface area contributed by atoms with Crippen molar-refractivity contribution in [3.63, 3.8) is 0 Å². The predicted octanol–water partition coefficient (Wildman–Crippen LogP) is 23.2. The third-order valence-electron chi connectivity index (χ3n) is 24.8. The van der Waals surface area contributed by atoms with Gasteiger partial charge in [-0.25, -0.2) is 0 Å². The largest absolute Gasteiger partial charge is 0.173 e. The Bertz CT molecular complexity index is 4360. The van der Waals surface area contributed by atoms with Crippen LogP contribution in [0.15, 0.2) is 48.5 Å². The zero-order valence-electron chi connectivity index (χ0n) is 61.1. The van der Waals surface area contributed by atoms with Crippen LogP contribution < -0.4 is 0 Å². The SMILES string of the molecule is CC(C)[Si](C#Cc1c2c(c(C#C[Si](C(C)C)(C(C)C)C(C)C)c3cc4nsnc4cc13)[C@H]1c3cc4nsnc4cc3C2C2c3cc4nsnc4cc3[C@@H]1c1c2c(C#C[Si](C(C)C)(C(C)C)C(C)C)c2cc3nsnc3cc2c1C#C[Si](C(C)C)(C(C)C)C(C)C)(C(C)C)C(C)C. The molecule has 0 saturated heterocycles. The van der Waals surface area contributed by atoms with Crippen LogP contribution in [-0.2, 0) is 0 Å². The molecule has 4 bridgehead atoms. The minimum absolute atomic E-state index is 0.338. The van der Waals surface area contributed by atoms with Crippen molar-refractivity contribution < 1.29 is 0 Å². The minimum atomic E-state index is -2.42. The summed E-state index contributed by atoms with van der Waals surface area (Å²) in [5, 5.41) is 4.44. The van der Waals surface area contributed by atoms with E-state index < -0.39 is 32.3 Å². The number of benzene rings is 6. The monoisotopic (exact) mass is 1410 g/mol. The van der Waals surface area contributed by atoms with Crippen LogP contribution in [0.25, 0.3) is 65.7 Å². The fourth-order valence-corrected chi connectivity index (χ4v) is 43.5. The van der Waals surface area contributed by atoms with Crippen LogP contribution in [-0.4, -0.2) is 67.3 Å². The fourth-order valence-electron chi connectivity index (χ4n) is 20.7. The maximum Gasteiger partial charge on any atom is 0.146 e. The second kappa shape index (κ2) is 25.1. The number of hydrogen-bond acceptors (Lipinski definition) is 12. The Morgan fingerprint density at radius 2 is 0.385 bits per heavy atom. The molecule has 0 saturated carbocycles. The number of fused-ring (bicyclic) bond motifs is 6. The van der Waals surface area contributed by atoms with Crippen molar-refractivity contribution in [2.45, 2.75) is 256 Å². The highest BCUT2D eigenvalue weighted by atomic mass is 32.1. The lowest BCUT2D eigenvalue weighted by Crippen LogP contribution is -2.43. The molecule has 0 aliphatic heterocycles. The van der Waals surface area contributed by atoms with Gasteiger partial charge in [-0.1, -0.05) is 190 Å². The lowest BCUT2D eigenvalue weighted by molar-refractivity contribution is 0.529. The smallest absolute Gasteiger partial charge is 0.146 e. The molecule has 0 radical (unpaired) electrons. The Morgan fingerprint density at radius 3 is 0.531 bits per heavy atom. The van der Waals surface area contributed by atoms with Gasteiger partial charge in [0, 0.05) is 67.5 Å². The van der Waals surface area contributed by atoms with Crippen molar-refractivity contribution >= 4 is 145 Å². The number of aromatic nitrogens is 8. The Hall–Kier alpha value is -5.77. The molecule has 96 heavy (non-hydrogen) atoms. The molecule has 16 rings (SSSR count). The molecule has 4 heterocycles. The van der Waals surface area contributed by atoms with E-state index >= 15 is 0 Å². The van der Waals surface area contributed by atoms with Gasteiger partial charge in [-0.3, -0.25) is 0 Å². The molecule has 6 aliphatic carbocycles. The summed E-state index contributed by atoms with van der Waals surface area (Å²) < 4.78 is 41.0. The van der Waals surface area contributed by atoms with Crippen LogP contribution in [0.2, 0.25) is 66.5 Å². The molecule has 0 amide bonds. The van der Waals surface area contributed by atoms with Crippen LogP contribution in [0.3, 0.4) is 0 Å². The molecular formula is C80H96N8S4Si4. The van der Waals surface area contributed by atoms with Crippen LogP contribution in [0.5, 0.6) is 0 Å². The molecule has 4 aromatic heterocycles. The summed E-state index contributed by atoms with van der Waals surface area (Å²) in [5.74, 6) is 16.2. The van der Waals surface area contributed by atoms with Gasteiger partial charge in [-0.2, -0.15) is 35.0 Å². The van der Waals surface area contributed by atoms with Crippen LogP contribution in [0.4, 0.5) is 0 Å². The molecule has 16 heteroatoms. The van der Waals surface area contributed by atoms with Gasteiger partial charge in [-0.15, -0.1) is 22.2 Å². The zero-order valence-corrected chi connectivity index (χ0v) is 68.3. The Balaban J connectivity index is 1.36. The second-order valence-corrected chi connectivity index (χ2v) is 56.9. The molecular weight excluding hydrogens is 1310 g/mol. The summed E-state index contributed by atoms with van der Waals surface area (Å²) in [5.41, 5.74) is 44.4. The third kappa shape index (κ3) is 10.1. The minimum Gasteiger partial charge on any atom is -0.173 e. The van der Waals surface area contributed by atoms with Gasteiger partial charge in [-0.05, 0) is 160 Å². The lowest BCUT2D eigenvalue weighted by Gasteiger charge is -2.51. The normalized spacial score (nSPS) is 17.1. The topological polar surface area (TPSA) is 103 Å². The predicted molar refractivity (Wildman–Crippen MR) is 424 cm³/mol. The van der Waals surface area contributed by atoms with Gasteiger partial charge in [0.25, 0.3) is 0 Å². The maximum absolute atomic E-state index is 5.16. The average molecular weight is 1410 g/mol. The summed E-state index contributed by atoms with van der Waals surface area (Å²) in [4.78, 5) is 0. The first-order chi connectivity index (χ1) is 45.5. The first-order valence-electron chi connectivity index (χ1n) is 35.7. The summed E-state index contributed by atoms with van der Waals surface area (Å²) in [6.45, 7) is 58.7. The van der Waals surface area contributed by atoms with Crippen molar-refractivity contribution in [1.82, 2.24) is 35.0 Å². The summed E-state index contributed by atoms with van der Waals surface area (Å²) >= 11 is 5.20. The fraction of sp³-hybridized carbons (Fsp3) is 0.500. The number of rotatable bonds is 12. The summed E-state index contributed by atoms with van der Waals surface area (Å²) in [7, 11) is -9.68. The Kier molecular flexibility index (Phi) is 18.0. The molecule has 0 N–H and O–H groups in total. The molecule has 2 unspecified atom stereocenters. The van der Waals surface area contributed by atoms with Gasteiger partial charge in [0.1, 0.15) is 76.4 Å². The molecule has 6 aliphatic rings. The average Bonchev–Trinajstić information content (AvgIpc) is 1.36. The number of nitrogens with zero attached hydrogens (tertiary/aromatic N) is 8. The maximum atomic E-state index is 5.16. The van der Waals surface area contributed by atoms with Gasteiger partial charge in [0.2, 0.25) is 0 Å². The van der Waals surface area contributed by atoms with E-state index in [1.807, 2.05) is 0 Å². The summed E-state index contributed by atoms with van der Waals surface area (Å²) in [6.07, 6.45) is 0. The molecule has 0 spiro atoms. The number of hydrogen-bond donors (Lipinski definition) is 0. The van der Waals surface area contributed by atoms with Gasteiger partial charge < -0.3 is 0 Å². The Morgan fingerprint density at radius 1 is 0.240 bits per heavy atom. The van der Waals surface area contributed by atoms with E-state index in [2.05, 4.69) is 261 Å². The van der Waals surface area contributed by atoms with E-state index in [4.69, 9.17) is 35.0 Å².